The second-order valence-corrected chi connectivity index (χ2v) is 6.91. The van der Waals surface area contributed by atoms with Crippen LogP contribution in [0.5, 0.6) is 0 Å². The van der Waals surface area contributed by atoms with Gasteiger partial charge in [-0.2, -0.15) is 0 Å². The molecule has 0 N–H and O–H groups in total. The van der Waals surface area contributed by atoms with Gasteiger partial charge in [0.15, 0.2) is 0 Å². The van der Waals surface area contributed by atoms with Gasteiger partial charge >= 0.3 is 0 Å². The molecule has 2 aromatic carbocycles. The molecular weight excluding hydrogens is 325 g/mol. The lowest BCUT2D eigenvalue weighted by molar-refractivity contribution is 0.627. The SMILES string of the molecule is CN(C)c1ccccc1CS(=O)c1nccn1-c1ccc(F)cc1. The van der Waals surface area contributed by atoms with E-state index >= 15 is 0 Å². The zero-order chi connectivity index (χ0) is 17.1. The third-order valence-electron chi connectivity index (χ3n) is 3.68. The van der Waals surface area contributed by atoms with E-state index in [9.17, 15) is 8.60 Å². The second-order valence-electron chi connectivity index (χ2n) is 5.57. The monoisotopic (exact) mass is 343 g/mol. The summed E-state index contributed by atoms with van der Waals surface area (Å²) in [7, 11) is 2.60. The maximum Gasteiger partial charge on any atom is 0.203 e. The summed E-state index contributed by atoms with van der Waals surface area (Å²) in [4.78, 5) is 6.24. The molecule has 0 amide bonds. The Balaban J connectivity index is 1.90. The number of para-hydroxylation sites is 1. The van der Waals surface area contributed by atoms with Crippen molar-refractivity contribution in [3.05, 3.63) is 72.3 Å². The standard InChI is InChI=1S/C18H18FN3OS/c1-21(2)17-6-4-3-5-14(17)13-24(23)18-20-11-12-22(18)16-9-7-15(19)8-10-16/h3-12H,13H2,1-2H3. The van der Waals surface area contributed by atoms with Crippen LogP contribution in [0, 0.1) is 5.82 Å². The van der Waals surface area contributed by atoms with Crippen molar-refractivity contribution in [3.8, 4) is 5.69 Å². The molecule has 0 saturated carbocycles. The van der Waals surface area contributed by atoms with Crippen LogP contribution < -0.4 is 4.90 Å². The number of hydrogen-bond acceptors (Lipinski definition) is 3. The summed E-state index contributed by atoms with van der Waals surface area (Å²) in [6.45, 7) is 0. The first-order chi connectivity index (χ1) is 11.6. The third-order valence-corrected chi connectivity index (χ3v) is 4.96. The van der Waals surface area contributed by atoms with Crippen LogP contribution in [0.15, 0.2) is 66.1 Å². The van der Waals surface area contributed by atoms with Gasteiger partial charge in [0.25, 0.3) is 0 Å². The van der Waals surface area contributed by atoms with Crippen molar-refractivity contribution in [3.63, 3.8) is 0 Å². The van der Waals surface area contributed by atoms with Gasteiger partial charge in [0, 0.05) is 37.9 Å². The molecule has 0 fully saturated rings. The zero-order valence-electron chi connectivity index (χ0n) is 13.5. The van der Waals surface area contributed by atoms with Crippen molar-refractivity contribution >= 4 is 16.5 Å². The van der Waals surface area contributed by atoms with Crippen molar-refractivity contribution in [2.75, 3.05) is 19.0 Å². The number of anilines is 1. The fourth-order valence-electron chi connectivity index (χ4n) is 2.53. The first-order valence-corrected chi connectivity index (χ1v) is 8.81. The van der Waals surface area contributed by atoms with Gasteiger partial charge in [0.05, 0.1) is 16.6 Å². The summed E-state index contributed by atoms with van der Waals surface area (Å²) in [5, 5.41) is 0.454. The van der Waals surface area contributed by atoms with Crippen molar-refractivity contribution in [1.29, 1.82) is 0 Å². The van der Waals surface area contributed by atoms with Crippen LogP contribution >= 0.6 is 0 Å². The van der Waals surface area contributed by atoms with E-state index in [0.29, 0.717) is 10.9 Å². The first-order valence-electron chi connectivity index (χ1n) is 7.49. The van der Waals surface area contributed by atoms with Crippen LogP contribution in [-0.2, 0) is 16.6 Å². The predicted octanol–water partition coefficient (Wildman–Crippen LogP) is 3.39. The molecular formula is C18H18FN3OS. The van der Waals surface area contributed by atoms with Gasteiger partial charge in [-0.1, -0.05) is 18.2 Å². The van der Waals surface area contributed by atoms with Gasteiger partial charge in [-0.15, -0.1) is 0 Å². The van der Waals surface area contributed by atoms with E-state index in [4.69, 9.17) is 0 Å². The highest BCUT2D eigenvalue weighted by atomic mass is 32.2. The summed E-state index contributed by atoms with van der Waals surface area (Å²) < 4.78 is 27.7. The highest BCUT2D eigenvalue weighted by Crippen LogP contribution is 2.22. The lowest BCUT2D eigenvalue weighted by Gasteiger charge is -2.17. The molecule has 124 valence electrons. The number of hydrogen-bond donors (Lipinski definition) is 0. The molecule has 1 unspecified atom stereocenters. The van der Waals surface area contributed by atoms with Gasteiger partial charge in [-0.05, 0) is 35.9 Å². The zero-order valence-corrected chi connectivity index (χ0v) is 14.3. The highest BCUT2D eigenvalue weighted by molar-refractivity contribution is 7.84. The minimum atomic E-state index is -1.32. The van der Waals surface area contributed by atoms with Gasteiger partial charge in [0.1, 0.15) is 5.82 Å². The van der Waals surface area contributed by atoms with Crippen molar-refractivity contribution in [1.82, 2.24) is 9.55 Å². The Morgan fingerprint density at radius 3 is 2.54 bits per heavy atom. The highest BCUT2D eigenvalue weighted by Gasteiger charge is 2.15. The average molecular weight is 343 g/mol. The average Bonchev–Trinajstić information content (AvgIpc) is 3.05. The van der Waals surface area contributed by atoms with E-state index < -0.39 is 10.8 Å². The van der Waals surface area contributed by atoms with Crippen molar-refractivity contribution < 1.29 is 8.60 Å². The van der Waals surface area contributed by atoms with Crippen LogP contribution in [0.3, 0.4) is 0 Å². The molecule has 24 heavy (non-hydrogen) atoms. The predicted molar refractivity (Wildman–Crippen MR) is 94.4 cm³/mol. The van der Waals surface area contributed by atoms with Gasteiger partial charge in [-0.3, -0.25) is 8.78 Å². The minimum absolute atomic E-state index is 0.304. The lowest BCUT2D eigenvalue weighted by Crippen LogP contribution is -2.13. The molecule has 0 saturated heterocycles. The van der Waals surface area contributed by atoms with Crippen LogP contribution in [-0.4, -0.2) is 27.9 Å². The van der Waals surface area contributed by atoms with Crippen molar-refractivity contribution in [2.45, 2.75) is 10.9 Å². The Morgan fingerprint density at radius 2 is 1.83 bits per heavy atom. The van der Waals surface area contributed by atoms with E-state index in [1.165, 1.54) is 12.1 Å². The molecule has 6 heteroatoms. The molecule has 3 aromatic rings. The Labute approximate surface area is 143 Å². The smallest absolute Gasteiger partial charge is 0.203 e. The maximum absolute atomic E-state index is 13.1. The number of nitrogens with zero attached hydrogens (tertiary/aromatic N) is 3. The minimum Gasteiger partial charge on any atom is -0.377 e. The lowest BCUT2D eigenvalue weighted by atomic mass is 10.2. The third kappa shape index (κ3) is 3.38. The fraction of sp³-hybridized carbons (Fsp3) is 0.167. The molecule has 0 aliphatic carbocycles. The van der Waals surface area contributed by atoms with E-state index in [0.717, 1.165) is 16.9 Å². The maximum atomic E-state index is 13.1. The molecule has 0 aliphatic heterocycles. The summed E-state index contributed by atoms with van der Waals surface area (Å²) in [5.41, 5.74) is 2.76. The molecule has 0 radical (unpaired) electrons. The number of benzene rings is 2. The van der Waals surface area contributed by atoms with E-state index in [-0.39, 0.29) is 5.82 Å². The van der Waals surface area contributed by atoms with Gasteiger partial charge in [0.2, 0.25) is 5.16 Å². The summed E-state index contributed by atoms with van der Waals surface area (Å²) in [6, 6.07) is 13.9. The number of halogens is 1. The molecule has 0 spiro atoms. The second kappa shape index (κ2) is 6.97. The quantitative estimate of drug-likeness (QED) is 0.713. The molecule has 1 atom stereocenters. The first kappa shape index (κ1) is 16.4. The molecule has 1 aromatic heterocycles. The topological polar surface area (TPSA) is 38.1 Å². The van der Waals surface area contributed by atoms with E-state index in [1.54, 1.807) is 29.1 Å². The normalized spacial score (nSPS) is 12.1. The van der Waals surface area contributed by atoms with Gasteiger partial charge in [-0.25, -0.2) is 9.37 Å². The van der Waals surface area contributed by atoms with Crippen molar-refractivity contribution in [2.24, 2.45) is 0 Å². The largest absolute Gasteiger partial charge is 0.377 e. The molecule has 3 rings (SSSR count). The summed E-state index contributed by atoms with van der Waals surface area (Å²) >= 11 is 0. The molecule has 1 heterocycles. The Bertz CT molecular complexity index is 859. The van der Waals surface area contributed by atoms with Gasteiger partial charge < -0.3 is 4.90 Å². The Morgan fingerprint density at radius 1 is 1.12 bits per heavy atom. The summed E-state index contributed by atoms with van der Waals surface area (Å²) in [6.07, 6.45) is 3.34. The number of imidazole rings is 1. The summed E-state index contributed by atoms with van der Waals surface area (Å²) in [5.74, 6) is 0.0634. The van der Waals surface area contributed by atoms with Crippen LogP contribution in [0.1, 0.15) is 5.56 Å². The molecule has 0 bridgehead atoms. The van der Waals surface area contributed by atoms with E-state index in [1.807, 2.05) is 43.3 Å². The Kier molecular flexibility index (Phi) is 4.76. The molecule has 4 nitrogen and oxygen atoms in total. The fourth-order valence-corrected chi connectivity index (χ4v) is 3.75. The number of rotatable bonds is 5. The number of aromatic nitrogens is 2. The van der Waals surface area contributed by atoms with Crippen LogP contribution in [0.2, 0.25) is 0 Å². The molecule has 0 aliphatic rings. The Hall–Kier alpha value is -2.47. The van der Waals surface area contributed by atoms with Crippen LogP contribution in [0.4, 0.5) is 10.1 Å². The van der Waals surface area contributed by atoms with E-state index in [2.05, 4.69) is 4.98 Å². The van der Waals surface area contributed by atoms with Crippen LogP contribution in [0.25, 0.3) is 5.69 Å².